The Hall–Kier alpha value is -0.900. The van der Waals surface area contributed by atoms with Gasteiger partial charge in [0.15, 0.2) is 0 Å². The van der Waals surface area contributed by atoms with Crippen LogP contribution in [-0.2, 0) is 14.3 Å². The highest BCUT2D eigenvalue weighted by molar-refractivity contribution is 7.80. The van der Waals surface area contributed by atoms with Crippen molar-refractivity contribution in [3.63, 3.8) is 0 Å². The predicted octanol–water partition coefficient (Wildman–Crippen LogP) is 2.78. The fraction of sp³-hybridized carbons (Fsp3) is 0.667. The summed E-state index contributed by atoms with van der Waals surface area (Å²) in [5, 5.41) is 0. The van der Waals surface area contributed by atoms with Crippen LogP contribution in [0.5, 0.6) is 0 Å². The molecule has 4 heteroatoms. The monoisotopic (exact) mass is 242 g/mol. The number of carbonyl (C=O) groups is 1. The molecule has 0 amide bonds. The van der Waals surface area contributed by atoms with Gasteiger partial charge < -0.3 is 9.47 Å². The third-order valence-corrected chi connectivity index (χ3v) is 2.47. The summed E-state index contributed by atoms with van der Waals surface area (Å²) in [7, 11) is 0. The van der Waals surface area contributed by atoms with Gasteiger partial charge in [0.1, 0.15) is 5.60 Å². The zero-order valence-electron chi connectivity index (χ0n) is 10.0. The summed E-state index contributed by atoms with van der Waals surface area (Å²) in [6.07, 6.45) is 4.12. The van der Waals surface area contributed by atoms with Crippen molar-refractivity contribution in [1.82, 2.24) is 0 Å². The minimum absolute atomic E-state index is 0.234. The molecule has 1 aliphatic rings. The minimum atomic E-state index is -0.413. The van der Waals surface area contributed by atoms with Crippen molar-refractivity contribution in [2.24, 2.45) is 0 Å². The number of allylic oxidation sites excluding steroid dienone is 1. The van der Waals surface area contributed by atoms with Gasteiger partial charge in [0.25, 0.3) is 0 Å². The Bertz CT molecular complexity index is 318. The largest absolute Gasteiger partial charge is 0.480 e. The molecule has 0 bridgehead atoms. The van der Waals surface area contributed by atoms with E-state index in [1.807, 2.05) is 20.8 Å². The molecule has 1 heterocycles. The summed E-state index contributed by atoms with van der Waals surface area (Å²) in [6.45, 7) is 6.29. The average molecular weight is 242 g/mol. The maximum absolute atomic E-state index is 11.6. The summed E-state index contributed by atoms with van der Waals surface area (Å²) < 4.78 is 10.6. The third kappa shape index (κ3) is 3.93. The van der Waals surface area contributed by atoms with E-state index < -0.39 is 11.6 Å². The summed E-state index contributed by atoms with van der Waals surface area (Å²) >= 11 is 5.12. The van der Waals surface area contributed by atoms with Crippen LogP contribution < -0.4 is 0 Å². The number of ether oxygens (including phenoxy) is 2. The molecule has 0 radical (unpaired) electrons. The molecule has 0 aromatic heterocycles. The Labute approximate surface area is 102 Å². The summed E-state index contributed by atoms with van der Waals surface area (Å²) in [4.78, 5) is 12.4. The van der Waals surface area contributed by atoms with E-state index in [9.17, 15) is 4.79 Å². The van der Waals surface area contributed by atoms with Crippen LogP contribution in [0.2, 0.25) is 0 Å². The van der Waals surface area contributed by atoms with Crippen molar-refractivity contribution in [2.75, 3.05) is 6.61 Å². The molecule has 0 aromatic rings. The number of esters is 1. The molecule has 3 nitrogen and oxygen atoms in total. The minimum Gasteiger partial charge on any atom is -0.480 e. The van der Waals surface area contributed by atoms with E-state index in [0.29, 0.717) is 13.0 Å². The van der Waals surface area contributed by atoms with Crippen LogP contribution in [-0.4, -0.2) is 23.0 Å². The smallest absolute Gasteiger partial charge is 0.373 e. The van der Waals surface area contributed by atoms with Crippen LogP contribution >= 0.6 is 12.2 Å². The molecular formula is C12H18O3S. The van der Waals surface area contributed by atoms with Crippen molar-refractivity contribution in [2.45, 2.75) is 45.6 Å². The molecule has 1 aliphatic heterocycles. The lowest BCUT2D eigenvalue weighted by atomic mass is 9.99. The second kappa shape index (κ2) is 5.43. The van der Waals surface area contributed by atoms with Crippen molar-refractivity contribution in [1.29, 1.82) is 0 Å². The Morgan fingerprint density at radius 1 is 1.62 bits per heavy atom. The van der Waals surface area contributed by atoms with Gasteiger partial charge in [-0.05, 0) is 20.3 Å². The highest BCUT2D eigenvalue weighted by Crippen LogP contribution is 2.25. The van der Waals surface area contributed by atoms with Gasteiger partial charge in [-0.1, -0.05) is 25.6 Å². The Morgan fingerprint density at radius 2 is 2.31 bits per heavy atom. The molecule has 0 spiro atoms. The van der Waals surface area contributed by atoms with E-state index in [1.54, 1.807) is 6.08 Å². The van der Waals surface area contributed by atoms with Gasteiger partial charge in [-0.25, -0.2) is 4.79 Å². The lowest BCUT2D eigenvalue weighted by Gasteiger charge is -2.30. The standard InChI is InChI=1S/C12H18O3S/c1-4-5-6-14-11(13)10-7-9(16)8-12(2,3)15-10/h7H,4-6,8H2,1-3H3. The molecule has 90 valence electrons. The number of thiocarbonyl (C=S) groups is 1. The normalized spacial score (nSPS) is 18.7. The van der Waals surface area contributed by atoms with Gasteiger partial charge >= 0.3 is 5.97 Å². The Morgan fingerprint density at radius 3 is 2.88 bits per heavy atom. The molecule has 0 fully saturated rings. The van der Waals surface area contributed by atoms with E-state index in [4.69, 9.17) is 21.7 Å². The number of hydrogen-bond acceptors (Lipinski definition) is 4. The zero-order chi connectivity index (χ0) is 12.2. The molecule has 16 heavy (non-hydrogen) atoms. The Kier molecular flexibility index (Phi) is 4.47. The lowest BCUT2D eigenvalue weighted by Crippen LogP contribution is -2.33. The fourth-order valence-electron chi connectivity index (χ4n) is 1.46. The zero-order valence-corrected chi connectivity index (χ0v) is 10.9. The molecular weight excluding hydrogens is 224 g/mol. The average Bonchev–Trinajstić information content (AvgIpc) is 2.14. The lowest BCUT2D eigenvalue weighted by molar-refractivity contribution is -0.146. The van der Waals surface area contributed by atoms with Crippen LogP contribution in [0, 0.1) is 0 Å². The molecule has 0 aromatic carbocycles. The number of rotatable bonds is 4. The summed E-state index contributed by atoms with van der Waals surface area (Å²) in [5.74, 6) is -0.180. The highest BCUT2D eigenvalue weighted by Gasteiger charge is 2.30. The van der Waals surface area contributed by atoms with Crippen LogP contribution in [0.15, 0.2) is 11.8 Å². The SMILES string of the molecule is CCCCOC(=O)C1=CC(=S)CC(C)(C)O1. The first-order valence-corrected chi connectivity index (χ1v) is 5.96. The van der Waals surface area contributed by atoms with Crippen LogP contribution in [0.25, 0.3) is 0 Å². The highest BCUT2D eigenvalue weighted by atomic mass is 32.1. The summed E-state index contributed by atoms with van der Waals surface area (Å²) in [6, 6.07) is 0. The maximum Gasteiger partial charge on any atom is 0.373 e. The van der Waals surface area contributed by atoms with Gasteiger partial charge in [0, 0.05) is 17.4 Å². The van der Waals surface area contributed by atoms with E-state index in [-0.39, 0.29) is 5.76 Å². The van der Waals surface area contributed by atoms with Gasteiger partial charge in [0.05, 0.1) is 6.61 Å². The van der Waals surface area contributed by atoms with Gasteiger partial charge in [-0.2, -0.15) is 0 Å². The predicted molar refractivity (Wildman–Crippen MR) is 66.3 cm³/mol. The van der Waals surface area contributed by atoms with Crippen LogP contribution in [0.1, 0.15) is 40.0 Å². The van der Waals surface area contributed by atoms with E-state index >= 15 is 0 Å². The molecule has 0 N–H and O–H groups in total. The topological polar surface area (TPSA) is 35.5 Å². The van der Waals surface area contributed by atoms with E-state index in [2.05, 4.69) is 0 Å². The van der Waals surface area contributed by atoms with Crippen molar-refractivity contribution >= 4 is 23.1 Å². The first-order valence-electron chi connectivity index (χ1n) is 5.55. The fourth-order valence-corrected chi connectivity index (χ4v) is 1.92. The van der Waals surface area contributed by atoms with E-state index in [0.717, 1.165) is 17.7 Å². The van der Waals surface area contributed by atoms with Gasteiger partial charge in [0.2, 0.25) is 5.76 Å². The Balaban J connectivity index is 2.58. The van der Waals surface area contributed by atoms with Crippen molar-refractivity contribution in [3.05, 3.63) is 11.8 Å². The van der Waals surface area contributed by atoms with Crippen molar-refractivity contribution in [3.8, 4) is 0 Å². The molecule has 0 aliphatic carbocycles. The first-order chi connectivity index (χ1) is 7.44. The second-order valence-electron chi connectivity index (χ2n) is 4.50. The molecule has 0 saturated heterocycles. The number of unbranched alkanes of at least 4 members (excludes halogenated alkanes) is 1. The van der Waals surface area contributed by atoms with E-state index in [1.165, 1.54) is 0 Å². The molecule has 0 saturated carbocycles. The van der Waals surface area contributed by atoms with Crippen LogP contribution in [0.3, 0.4) is 0 Å². The maximum atomic E-state index is 11.6. The molecule has 0 unspecified atom stereocenters. The quantitative estimate of drug-likeness (QED) is 0.431. The number of carbonyl (C=O) groups excluding carboxylic acids is 1. The first kappa shape index (κ1) is 13.2. The third-order valence-electron chi connectivity index (χ3n) is 2.21. The van der Waals surface area contributed by atoms with Crippen LogP contribution in [0.4, 0.5) is 0 Å². The molecule has 0 atom stereocenters. The second-order valence-corrected chi connectivity index (χ2v) is 5.03. The van der Waals surface area contributed by atoms with Gasteiger partial charge in [-0.3, -0.25) is 0 Å². The number of hydrogen-bond donors (Lipinski definition) is 0. The summed E-state index contributed by atoms with van der Waals surface area (Å²) in [5.41, 5.74) is -0.412. The molecule has 1 rings (SSSR count). The van der Waals surface area contributed by atoms with Crippen molar-refractivity contribution < 1.29 is 14.3 Å². The van der Waals surface area contributed by atoms with Gasteiger partial charge in [-0.15, -0.1) is 0 Å².